The van der Waals surface area contributed by atoms with Crippen molar-refractivity contribution in [3.8, 4) is 0 Å². The number of anilines is 2. The number of hydrogen-bond donors (Lipinski definition) is 2. The molecule has 174 valence electrons. The molecule has 2 atom stereocenters. The van der Waals surface area contributed by atoms with Gasteiger partial charge in [-0.2, -0.15) is 0 Å². The first-order chi connectivity index (χ1) is 16.0. The van der Waals surface area contributed by atoms with Crippen molar-refractivity contribution < 1.29 is 0 Å². The number of benzene rings is 1. The highest BCUT2D eigenvalue weighted by molar-refractivity contribution is 6.35. The second kappa shape index (κ2) is 9.87. The summed E-state index contributed by atoms with van der Waals surface area (Å²) in [6.45, 7) is 7.42. The van der Waals surface area contributed by atoms with Crippen LogP contribution in [0.3, 0.4) is 0 Å². The molecular formula is C24H29Cl2N7. The van der Waals surface area contributed by atoms with Gasteiger partial charge in [0.1, 0.15) is 11.6 Å². The summed E-state index contributed by atoms with van der Waals surface area (Å²) in [6, 6.07) is 5.55. The predicted octanol–water partition coefficient (Wildman–Crippen LogP) is 5.03. The summed E-state index contributed by atoms with van der Waals surface area (Å²) >= 11 is 12.4. The number of nitrogens with one attached hydrogen (secondary N) is 2. The van der Waals surface area contributed by atoms with Crippen LogP contribution in [0, 0.1) is 11.8 Å². The maximum Gasteiger partial charge on any atom is 0.149 e. The summed E-state index contributed by atoms with van der Waals surface area (Å²) in [7, 11) is 0. The molecule has 2 aromatic heterocycles. The molecule has 5 rings (SSSR count). The van der Waals surface area contributed by atoms with E-state index in [0.29, 0.717) is 16.0 Å². The highest BCUT2D eigenvalue weighted by Gasteiger charge is 2.36. The van der Waals surface area contributed by atoms with Crippen molar-refractivity contribution in [1.29, 1.82) is 0 Å². The molecule has 2 N–H and O–H groups in total. The molecule has 3 aromatic rings. The molecule has 0 bridgehead atoms. The van der Waals surface area contributed by atoms with Crippen molar-refractivity contribution in [1.82, 2.24) is 24.8 Å². The van der Waals surface area contributed by atoms with Gasteiger partial charge in [-0.25, -0.2) is 9.97 Å². The smallest absolute Gasteiger partial charge is 0.149 e. The summed E-state index contributed by atoms with van der Waals surface area (Å²) in [4.78, 5) is 21.5. The van der Waals surface area contributed by atoms with E-state index in [1.165, 1.54) is 25.1 Å². The fourth-order valence-electron chi connectivity index (χ4n) is 4.96. The number of nitrogens with zero attached hydrogens (tertiary/aromatic N) is 5. The van der Waals surface area contributed by atoms with Gasteiger partial charge in [-0.15, -0.1) is 0 Å². The molecule has 0 amide bonds. The Bertz CT molecular complexity index is 1070. The molecule has 9 heteroatoms. The second-order valence-electron chi connectivity index (χ2n) is 9.17. The first-order valence-corrected chi connectivity index (χ1v) is 12.3. The van der Waals surface area contributed by atoms with E-state index in [2.05, 4.69) is 37.0 Å². The lowest BCUT2D eigenvalue weighted by Gasteiger charge is -2.47. The number of imidazole rings is 1. The highest BCUT2D eigenvalue weighted by atomic mass is 35.5. The topological polar surface area (TPSA) is 73.0 Å². The Morgan fingerprint density at radius 2 is 2.00 bits per heavy atom. The maximum atomic E-state index is 6.37. The van der Waals surface area contributed by atoms with Gasteiger partial charge in [0.25, 0.3) is 0 Å². The van der Waals surface area contributed by atoms with E-state index in [9.17, 15) is 0 Å². The lowest BCUT2D eigenvalue weighted by atomic mass is 9.80. The summed E-state index contributed by atoms with van der Waals surface area (Å²) in [5.74, 6) is 3.12. The number of rotatable bonds is 7. The van der Waals surface area contributed by atoms with E-state index >= 15 is 0 Å². The van der Waals surface area contributed by atoms with Gasteiger partial charge >= 0.3 is 0 Å². The van der Waals surface area contributed by atoms with Gasteiger partial charge in [-0.1, -0.05) is 29.3 Å². The van der Waals surface area contributed by atoms with Crippen LogP contribution in [0.4, 0.5) is 11.6 Å². The van der Waals surface area contributed by atoms with Crippen LogP contribution in [0.2, 0.25) is 10.0 Å². The van der Waals surface area contributed by atoms with Crippen molar-refractivity contribution in [2.75, 3.05) is 36.4 Å². The number of aromatic nitrogens is 4. The Labute approximate surface area is 204 Å². The lowest BCUT2D eigenvalue weighted by Crippen LogP contribution is -2.53. The largest absolute Gasteiger partial charge is 0.362 e. The molecule has 2 aliphatic heterocycles. The molecule has 0 saturated carbocycles. The molecule has 4 heterocycles. The first kappa shape index (κ1) is 22.4. The molecular weight excluding hydrogens is 457 g/mol. The minimum Gasteiger partial charge on any atom is -0.362 e. The van der Waals surface area contributed by atoms with Crippen LogP contribution in [0.15, 0.2) is 43.1 Å². The Kier molecular flexibility index (Phi) is 6.71. The number of H-pyrrole nitrogens is 1. The monoisotopic (exact) mass is 485 g/mol. The minimum absolute atomic E-state index is 0.00782. The Morgan fingerprint density at radius 1 is 1.12 bits per heavy atom. The van der Waals surface area contributed by atoms with Crippen LogP contribution in [0.1, 0.15) is 37.1 Å². The van der Waals surface area contributed by atoms with E-state index in [1.807, 2.05) is 24.5 Å². The zero-order chi connectivity index (χ0) is 22.8. The van der Waals surface area contributed by atoms with Gasteiger partial charge in [0.2, 0.25) is 0 Å². The number of likely N-dealkylation sites (tertiary alicyclic amines) is 1. The third-order valence-corrected chi connectivity index (χ3v) is 7.37. The number of piperidine rings is 1. The normalized spacial score (nSPS) is 20.5. The van der Waals surface area contributed by atoms with E-state index in [1.54, 1.807) is 18.6 Å². The average molecular weight is 486 g/mol. The van der Waals surface area contributed by atoms with E-state index in [4.69, 9.17) is 28.2 Å². The standard InChI is InChI=1S/C24H29Cl2N7/c1-16(21-5-4-19(25)7-22(21)26)30-23-9-27-10-24(31-23)33-12-18(13-33)17-3-2-6-32(11-17)14-20-8-28-15-29-20/h4-5,7-10,15-18H,2-3,6,11-14H2,1H3,(H,28,29)(H,30,31)/t16-,17+/m1/s1. The van der Waals surface area contributed by atoms with Gasteiger partial charge in [0, 0.05) is 48.1 Å². The van der Waals surface area contributed by atoms with E-state index < -0.39 is 0 Å². The van der Waals surface area contributed by atoms with Gasteiger partial charge in [-0.3, -0.25) is 9.88 Å². The molecule has 0 radical (unpaired) electrons. The molecule has 0 aliphatic carbocycles. The van der Waals surface area contributed by atoms with E-state index in [0.717, 1.165) is 49.3 Å². The highest BCUT2D eigenvalue weighted by Crippen LogP contribution is 2.34. The van der Waals surface area contributed by atoms with Crippen molar-refractivity contribution in [2.45, 2.75) is 32.4 Å². The molecule has 1 aromatic carbocycles. The molecule has 2 fully saturated rings. The Hall–Kier alpha value is -2.35. The predicted molar refractivity (Wildman–Crippen MR) is 133 cm³/mol. The molecule has 2 aliphatic rings. The second-order valence-corrected chi connectivity index (χ2v) is 10.0. The van der Waals surface area contributed by atoms with Crippen LogP contribution in [0.25, 0.3) is 0 Å². The van der Waals surface area contributed by atoms with Crippen LogP contribution in [-0.4, -0.2) is 51.0 Å². The number of aromatic amines is 1. The summed E-state index contributed by atoms with van der Waals surface area (Å²) in [5.41, 5.74) is 2.17. The molecule has 33 heavy (non-hydrogen) atoms. The number of halogens is 2. The van der Waals surface area contributed by atoms with Gasteiger partial charge in [-0.05, 0) is 55.8 Å². The zero-order valence-corrected chi connectivity index (χ0v) is 20.2. The number of hydrogen-bond acceptors (Lipinski definition) is 6. The Morgan fingerprint density at radius 3 is 2.79 bits per heavy atom. The zero-order valence-electron chi connectivity index (χ0n) is 18.7. The van der Waals surface area contributed by atoms with Crippen LogP contribution in [-0.2, 0) is 6.54 Å². The van der Waals surface area contributed by atoms with Gasteiger partial charge < -0.3 is 15.2 Å². The van der Waals surface area contributed by atoms with Crippen LogP contribution >= 0.6 is 23.2 Å². The fourth-order valence-corrected chi connectivity index (χ4v) is 5.53. The van der Waals surface area contributed by atoms with Gasteiger partial charge in [0.15, 0.2) is 0 Å². The first-order valence-electron chi connectivity index (χ1n) is 11.5. The van der Waals surface area contributed by atoms with E-state index in [-0.39, 0.29) is 6.04 Å². The molecule has 7 nitrogen and oxygen atoms in total. The van der Waals surface area contributed by atoms with Crippen LogP contribution < -0.4 is 10.2 Å². The minimum atomic E-state index is -0.00782. The Balaban J connectivity index is 1.16. The van der Waals surface area contributed by atoms with Gasteiger partial charge in [0.05, 0.1) is 24.8 Å². The van der Waals surface area contributed by atoms with Crippen molar-refractivity contribution in [2.24, 2.45) is 11.8 Å². The SMILES string of the molecule is C[C@@H](Nc1cncc(N2CC([C@H]3CCCN(Cc4cnc[nH]4)C3)C2)n1)c1ccc(Cl)cc1Cl. The molecule has 0 unspecified atom stereocenters. The summed E-state index contributed by atoms with van der Waals surface area (Å²) in [5, 5.41) is 4.70. The third kappa shape index (κ3) is 5.26. The molecule has 0 spiro atoms. The lowest BCUT2D eigenvalue weighted by molar-refractivity contribution is 0.113. The summed E-state index contributed by atoms with van der Waals surface area (Å²) in [6.07, 6.45) is 9.87. The van der Waals surface area contributed by atoms with Crippen molar-refractivity contribution in [3.05, 3.63) is 64.4 Å². The fraction of sp³-hybridized carbons (Fsp3) is 0.458. The average Bonchev–Trinajstić information content (AvgIpc) is 3.26. The third-order valence-electron chi connectivity index (χ3n) is 6.81. The maximum absolute atomic E-state index is 6.37. The van der Waals surface area contributed by atoms with Crippen molar-refractivity contribution in [3.63, 3.8) is 0 Å². The summed E-state index contributed by atoms with van der Waals surface area (Å²) < 4.78 is 0. The quantitative estimate of drug-likeness (QED) is 0.488. The van der Waals surface area contributed by atoms with Crippen LogP contribution in [0.5, 0.6) is 0 Å². The van der Waals surface area contributed by atoms with Crippen molar-refractivity contribution >= 4 is 34.8 Å². The molecule has 2 saturated heterocycles.